The number of fused-ring (bicyclic) bond motifs is 2. The van der Waals surface area contributed by atoms with Crippen molar-refractivity contribution in [2.45, 2.75) is 25.7 Å². The molecule has 3 nitrogen and oxygen atoms in total. The molecule has 1 aliphatic rings. The lowest BCUT2D eigenvalue weighted by Crippen LogP contribution is -2.19. The maximum Gasteiger partial charge on any atom is 0.244 e. The highest BCUT2D eigenvalue weighted by atomic mass is 16.2. The van der Waals surface area contributed by atoms with Crippen LogP contribution in [0.5, 0.6) is 0 Å². The van der Waals surface area contributed by atoms with E-state index in [1.807, 2.05) is 30.3 Å². The minimum Gasteiger partial charge on any atom is -0.273 e. The Balaban J connectivity index is 1.42. The van der Waals surface area contributed by atoms with Crippen molar-refractivity contribution in [3.63, 3.8) is 0 Å². The zero-order valence-corrected chi connectivity index (χ0v) is 14.0. The van der Waals surface area contributed by atoms with Crippen LogP contribution < -0.4 is 5.43 Å². The maximum absolute atomic E-state index is 12.2. The Kier molecular flexibility index (Phi) is 4.30. The summed E-state index contributed by atoms with van der Waals surface area (Å²) in [6, 6.07) is 20.5. The highest BCUT2D eigenvalue weighted by molar-refractivity contribution is 5.90. The number of hydrogen-bond acceptors (Lipinski definition) is 2. The van der Waals surface area contributed by atoms with E-state index in [2.05, 4.69) is 40.9 Å². The summed E-state index contributed by atoms with van der Waals surface area (Å²) >= 11 is 0. The van der Waals surface area contributed by atoms with Crippen molar-refractivity contribution in [3.8, 4) is 0 Å². The summed E-state index contributed by atoms with van der Waals surface area (Å²) < 4.78 is 0. The molecule has 0 aromatic heterocycles. The van der Waals surface area contributed by atoms with Crippen molar-refractivity contribution < 1.29 is 4.79 Å². The lowest BCUT2D eigenvalue weighted by molar-refractivity contribution is -0.120. The molecule has 0 fully saturated rings. The van der Waals surface area contributed by atoms with Crippen LogP contribution in [0.1, 0.15) is 28.7 Å². The molecule has 0 bridgehead atoms. The molecule has 0 heterocycles. The first kappa shape index (κ1) is 15.6. The molecule has 3 aromatic carbocycles. The van der Waals surface area contributed by atoms with E-state index in [9.17, 15) is 4.79 Å². The van der Waals surface area contributed by atoms with Crippen LogP contribution in [0.2, 0.25) is 0 Å². The molecule has 25 heavy (non-hydrogen) atoms. The normalized spacial score (nSPS) is 13.3. The maximum atomic E-state index is 12.2. The molecule has 0 atom stereocenters. The number of carbonyl (C=O) groups excluding carboxylic acids is 1. The van der Waals surface area contributed by atoms with E-state index in [1.54, 1.807) is 6.21 Å². The lowest BCUT2D eigenvalue weighted by Gasteiger charge is -2.05. The first-order chi connectivity index (χ1) is 12.3. The fourth-order valence-corrected chi connectivity index (χ4v) is 3.51. The van der Waals surface area contributed by atoms with Crippen molar-refractivity contribution in [2.24, 2.45) is 5.10 Å². The summed E-state index contributed by atoms with van der Waals surface area (Å²) in [5.41, 5.74) is 7.54. The summed E-state index contributed by atoms with van der Waals surface area (Å²) in [4.78, 5) is 12.2. The minimum atomic E-state index is -0.103. The van der Waals surface area contributed by atoms with Gasteiger partial charge in [0.25, 0.3) is 0 Å². The Morgan fingerprint density at radius 3 is 2.80 bits per heavy atom. The van der Waals surface area contributed by atoms with E-state index in [-0.39, 0.29) is 5.91 Å². The van der Waals surface area contributed by atoms with Crippen molar-refractivity contribution in [3.05, 3.63) is 82.9 Å². The minimum absolute atomic E-state index is 0.103. The molecule has 3 heteroatoms. The van der Waals surface area contributed by atoms with E-state index in [0.29, 0.717) is 6.42 Å². The summed E-state index contributed by atoms with van der Waals surface area (Å²) in [5.74, 6) is -0.103. The number of rotatable bonds is 4. The fraction of sp³-hybridized carbons (Fsp3) is 0.182. The van der Waals surface area contributed by atoms with Crippen LogP contribution in [0.3, 0.4) is 0 Å². The average Bonchev–Trinajstić information content (AvgIpc) is 3.10. The SMILES string of the molecule is O=C(Cc1cccc2ccccc12)N/N=C/c1ccc2c(c1)CCC2. The van der Waals surface area contributed by atoms with E-state index in [0.717, 1.165) is 28.3 Å². The largest absolute Gasteiger partial charge is 0.273 e. The number of nitrogens with zero attached hydrogens (tertiary/aromatic N) is 1. The second-order valence-corrected chi connectivity index (χ2v) is 6.49. The van der Waals surface area contributed by atoms with Gasteiger partial charge >= 0.3 is 0 Å². The fourth-order valence-electron chi connectivity index (χ4n) is 3.51. The van der Waals surface area contributed by atoms with Crippen molar-refractivity contribution in [2.75, 3.05) is 0 Å². The van der Waals surface area contributed by atoms with Gasteiger partial charge in [0.15, 0.2) is 0 Å². The molecular formula is C22H20N2O. The Morgan fingerprint density at radius 1 is 1.00 bits per heavy atom. The van der Waals surface area contributed by atoms with Crippen molar-refractivity contribution in [1.82, 2.24) is 5.43 Å². The topological polar surface area (TPSA) is 41.5 Å². The highest BCUT2D eigenvalue weighted by Gasteiger charge is 2.10. The van der Waals surface area contributed by atoms with Crippen LogP contribution in [0, 0.1) is 0 Å². The molecule has 4 rings (SSSR count). The molecule has 0 aliphatic heterocycles. The molecular weight excluding hydrogens is 308 g/mol. The van der Waals surface area contributed by atoms with Gasteiger partial charge in [-0.3, -0.25) is 4.79 Å². The predicted molar refractivity (Wildman–Crippen MR) is 102 cm³/mol. The molecule has 0 unspecified atom stereocenters. The molecule has 3 aromatic rings. The summed E-state index contributed by atoms with van der Waals surface area (Å²) in [6.07, 6.45) is 5.60. The molecule has 1 aliphatic carbocycles. The number of aryl methyl sites for hydroxylation is 2. The molecule has 0 saturated heterocycles. The van der Waals surface area contributed by atoms with Crippen LogP contribution in [0.15, 0.2) is 65.8 Å². The molecule has 1 amide bonds. The zero-order chi connectivity index (χ0) is 17.1. The Morgan fingerprint density at radius 2 is 1.84 bits per heavy atom. The number of benzene rings is 3. The van der Waals surface area contributed by atoms with Crippen molar-refractivity contribution in [1.29, 1.82) is 0 Å². The van der Waals surface area contributed by atoms with Gasteiger partial charge in [-0.1, -0.05) is 54.6 Å². The molecule has 0 saturated carbocycles. The second kappa shape index (κ2) is 6.89. The average molecular weight is 328 g/mol. The quantitative estimate of drug-likeness (QED) is 0.570. The third kappa shape index (κ3) is 3.45. The Hall–Kier alpha value is -2.94. The van der Waals surface area contributed by atoms with E-state index < -0.39 is 0 Å². The predicted octanol–water partition coefficient (Wildman–Crippen LogP) is 4.02. The van der Waals surface area contributed by atoms with E-state index in [4.69, 9.17) is 0 Å². The second-order valence-electron chi connectivity index (χ2n) is 6.49. The molecule has 1 N–H and O–H groups in total. The summed E-state index contributed by atoms with van der Waals surface area (Å²) in [5, 5.41) is 6.38. The molecule has 0 radical (unpaired) electrons. The van der Waals surface area contributed by atoms with Crippen LogP contribution in [0.4, 0.5) is 0 Å². The number of amides is 1. The number of carbonyl (C=O) groups is 1. The third-order valence-electron chi connectivity index (χ3n) is 4.76. The zero-order valence-electron chi connectivity index (χ0n) is 14.0. The van der Waals surface area contributed by atoms with Crippen LogP contribution >= 0.6 is 0 Å². The van der Waals surface area contributed by atoms with Gasteiger partial charge in [0.2, 0.25) is 5.91 Å². The van der Waals surface area contributed by atoms with E-state index in [1.165, 1.54) is 24.0 Å². The van der Waals surface area contributed by atoms with Crippen LogP contribution in [0.25, 0.3) is 10.8 Å². The van der Waals surface area contributed by atoms with Gasteiger partial charge in [0, 0.05) is 0 Å². The van der Waals surface area contributed by atoms with Gasteiger partial charge in [0.1, 0.15) is 0 Å². The lowest BCUT2D eigenvalue weighted by atomic mass is 10.0. The van der Waals surface area contributed by atoms with Crippen LogP contribution in [-0.2, 0) is 24.1 Å². The smallest absolute Gasteiger partial charge is 0.244 e. The van der Waals surface area contributed by atoms with Crippen LogP contribution in [-0.4, -0.2) is 12.1 Å². The van der Waals surface area contributed by atoms with Gasteiger partial charge in [-0.25, -0.2) is 5.43 Å². The summed E-state index contributed by atoms with van der Waals surface area (Å²) in [7, 11) is 0. The first-order valence-electron chi connectivity index (χ1n) is 8.70. The van der Waals surface area contributed by atoms with Crippen molar-refractivity contribution >= 4 is 22.9 Å². The number of hydrogen-bond donors (Lipinski definition) is 1. The standard InChI is InChI=1S/C22H20N2O/c25-22(14-20-9-4-7-18-5-1-2-10-21(18)20)24-23-15-16-11-12-17-6-3-8-19(17)13-16/h1-2,4-5,7,9-13,15H,3,6,8,14H2,(H,24,25)/b23-15+. The molecule has 0 spiro atoms. The van der Waals surface area contributed by atoms with Gasteiger partial charge in [0.05, 0.1) is 12.6 Å². The van der Waals surface area contributed by atoms with Gasteiger partial charge in [-0.2, -0.15) is 5.10 Å². The number of nitrogens with one attached hydrogen (secondary N) is 1. The molecule has 124 valence electrons. The van der Waals surface area contributed by atoms with Gasteiger partial charge < -0.3 is 0 Å². The Labute approximate surface area is 147 Å². The third-order valence-corrected chi connectivity index (χ3v) is 4.76. The monoisotopic (exact) mass is 328 g/mol. The highest BCUT2D eigenvalue weighted by Crippen LogP contribution is 2.22. The van der Waals surface area contributed by atoms with Gasteiger partial charge in [-0.15, -0.1) is 0 Å². The first-order valence-corrected chi connectivity index (χ1v) is 8.70. The number of hydrazone groups is 1. The van der Waals surface area contributed by atoms with Gasteiger partial charge in [-0.05, 0) is 58.4 Å². The summed E-state index contributed by atoms with van der Waals surface area (Å²) in [6.45, 7) is 0. The Bertz CT molecular complexity index is 954. The van der Waals surface area contributed by atoms with E-state index >= 15 is 0 Å².